The third kappa shape index (κ3) is 5.13. The first-order valence-corrected chi connectivity index (χ1v) is 9.49. The quantitative estimate of drug-likeness (QED) is 0.535. The van der Waals surface area contributed by atoms with Gasteiger partial charge in [-0.1, -0.05) is 35.7 Å². The Balaban J connectivity index is 1.45. The van der Waals surface area contributed by atoms with Crippen molar-refractivity contribution in [3.63, 3.8) is 0 Å². The molecule has 0 saturated carbocycles. The third-order valence-electron chi connectivity index (χ3n) is 4.18. The molecule has 0 fully saturated rings. The average Bonchev–Trinajstić information content (AvgIpc) is 3.05. The van der Waals surface area contributed by atoms with E-state index in [-0.39, 0.29) is 6.10 Å². The molecule has 0 N–H and O–H groups in total. The van der Waals surface area contributed by atoms with Crippen LogP contribution in [0.15, 0.2) is 48.9 Å². The minimum Gasteiger partial charge on any atom is -0.490 e. The zero-order valence-electron chi connectivity index (χ0n) is 14.7. The molecule has 138 valence electrons. The zero-order valence-corrected chi connectivity index (χ0v) is 16.2. The Kier molecular flexibility index (Phi) is 6.78. The van der Waals surface area contributed by atoms with E-state index >= 15 is 0 Å². The van der Waals surface area contributed by atoms with Crippen LogP contribution in [0.2, 0.25) is 10.0 Å². The maximum absolute atomic E-state index is 6.37. The second-order valence-corrected chi connectivity index (χ2v) is 7.05. The van der Waals surface area contributed by atoms with Crippen LogP contribution in [0.3, 0.4) is 0 Å². The summed E-state index contributed by atoms with van der Waals surface area (Å²) in [5, 5.41) is 2.78. The van der Waals surface area contributed by atoms with Crippen molar-refractivity contribution < 1.29 is 9.57 Å². The maximum Gasteiger partial charge on any atom is 0.156 e. The summed E-state index contributed by atoms with van der Waals surface area (Å²) in [5.74, 6) is 0.546. The Morgan fingerprint density at radius 1 is 1.15 bits per heavy atom. The number of ether oxygens (including phenoxy) is 1. The topological polar surface area (TPSA) is 34.6 Å². The van der Waals surface area contributed by atoms with Gasteiger partial charge >= 0.3 is 0 Å². The van der Waals surface area contributed by atoms with Crippen molar-refractivity contribution in [3.05, 3.63) is 59.0 Å². The Bertz CT molecular complexity index is 730. The number of unbranched alkanes of at least 4 members (excludes halogenated alkanes) is 2. The summed E-state index contributed by atoms with van der Waals surface area (Å²) in [4.78, 5) is 9.69. The average molecular weight is 393 g/mol. The van der Waals surface area contributed by atoms with Gasteiger partial charge in [-0.3, -0.25) is 14.9 Å². The Morgan fingerprint density at radius 3 is 2.62 bits per heavy atom. The first kappa shape index (κ1) is 19.0. The van der Waals surface area contributed by atoms with Crippen molar-refractivity contribution in [2.75, 3.05) is 13.7 Å². The normalized spacial score (nSPS) is 16.3. The minimum atomic E-state index is 0.199. The van der Waals surface area contributed by atoms with E-state index in [1.807, 2.05) is 37.5 Å². The second-order valence-electron chi connectivity index (χ2n) is 6.24. The van der Waals surface area contributed by atoms with Gasteiger partial charge in [-0.15, -0.1) is 0 Å². The standard InChI is InChI=1S/C20H22Cl2N2O2/c1-24-10-8-17(26-24)7-3-2-4-11-25-20-18(21)12-16(13-19(20)22)15-6-5-9-23-14-15/h5-6,8-10,12-14,17H,2-4,7,11H2,1H3. The van der Waals surface area contributed by atoms with Crippen LogP contribution in [-0.4, -0.2) is 29.8 Å². The van der Waals surface area contributed by atoms with Gasteiger partial charge < -0.3 is 4.74 Å². The number of aromatic nitrogens is 1. The molecule has 4 nitrogen and oxygen atoms in total. The lowest BCUT2D eigenvalue weighted by molar-refractivity contribution is -0.112. The van der Waals surface area contributed by atoms with Crippen molar-refractivity contribution in [3.8, 4) is 16.9 Å². The molecule has 3 rings (SSSR count). The highest BCUT2D eigenvalue weighted by molar-refractivity contribution is 6.37. The monoisotopic (exact) mass is 392 g/mol. The maximum atomic E-state index is 6.37. The number of hydroxylamine groups is 2. The van der Waals surface area contributed by atoms with Crippen molar-refractivity contribution in [2.45, 2.75) is 31.8 Å². The molecular weight excluding hydrogens is 371 g/mol. The highest BCUT2D eigenvalue weighted by Crippen LogP contribution is 2.37. The summed E-state index contributed by atoms with van der Waals surface area (Å²) < 4.78 is 5.81. The lowest BCUT2D eigenvalue weighted by atomic mass is 10.1. The molecule has 0 saturated heterocycles. The number of hydrogen-bond acceptors (Lipinski definition) is 4. The van der Waals surface area contributed by atoms with Crippen molar-refractivity contribution in [1.29, 1.82) is 0 Å². The molecule has 0 spiro atoms. The molecule has 6 heteroatoms. The lowest BCUT2D eigenvalue weighted by Gasteiger charge is -2.13. The molecule has 0 bridgehead atoms. The van der Waals surface area contributed by atoms with Gasteiger partial charge in [0.05, 0.1) is 16.7 Å². The molecule has 1 unspecified atom stereocenters. The van der Waals surface area contributed by atoms with Crippen molar-refractivity contribution in [1.82, 2.24) is 10.0 Å². The Hall–Kier alpha value is -1.75. The van der Waals surface area contributed by atoms with Gasteiger partial charge in [-0.05, 0) is 49.1 Å². The molecule has 1 atom stereocenters. The van der Waals surface area contributed by atoms with Crippen molar-refractivity contribution >= 4 is 23.2 Å². The second kappa shape index (κ2) is 9.26. The van der Waals surface area contributed by atoms with E-state index in [9.17, 15) is 0 Å². The van der Waals surface area contributed by atoms with E-state index < -0.39 is 0 Å². The smallest absolute Gasteiger partial charge is 0.156 e. The Labute approximate surface area is 164 Å². The molecule has 0 aliphatic carbocycles. The third-order valence-corrected chi connectivity index (χ3v) is 4.75. The van der Waals surface area contributed by atoms with E-state index in [1.165, 1.54) is 0 Å². The summed E-state index contributed by atoms with van der Waals surface area (Å²) in [7, 11) is 1.90. The molecule has 0 amide bonds. The molecule has 2 heterocycles. The molecule has 1 aliphatic rings. The van der Waals surface area contributed by atoms with Crippen LogP contribution in [0.1, 0.15) is 25.7 Å². The highest BCUT2D eigenvalue weighted by Gasteiger charge is 2.13. The van der Waals surface area contributed by atoms with E-state index in [4.69, 9.17) is 32.8 Å². The van der Waals surface area contributed by atoms with E-state index in [0.29, 0.717) is 22.4 Å². The van der Waals surface area contributed by atoms with Gasteiger partial charge in [0.25, 0.3) is 0 Å². The number of pyridine rings is 1. The van der Waals surface area contributed by atoms with Crippen molar-refractivity contribution in [2.24, 2.45) is 0 Å². The van der Waals surface area contributed by atoms with E-state index in [2.05, 4.69) is 11.1 Å². The van der Waals surface area contributed by atoms with E-state index in [0.717, 1.165) is 36.8 Å². The van der Waals surface area contributed by atoms with Gasteiger partial charge in [-0.25, -0.2) is 0 Å². The van der Waals surface area contributed by atoms with Crippen LogP contribution in [0.25, 0.3) is 11.1 Å². The molecule has 1 aromatic heterocycles. The lowest BCUT2D eigenvalue weighted by Crippen LogP contribution is -2.13. The predicted molar refractivity (Wildman–Crippen MR) is 105 cm³/mol. The molecule has 1 aliphatic heterocycles. The van der Waals surface area contributed by atoms with Crippen LogP contribution >= 0.6 is 23.2 Å². The van der Waals surface area contributed by atoms with E-state index in [1.54, 1.807) is 17.5 Å². The predicted octanol–water partition coefficient (Wildman–Crippen LogP) is 5.75. The van der Waals surface area contributed by atoms with Gasteiger partial charge in [0, 0.05) is 31.2 Å². The minimum absolute atomic E-state index is 0.199. The van der Waals surface area contributed by atoms with Crippen LogP contribution in [0.4, 0.5) is 0 Å². The first-order valence-electron chi connectivity index (χ1n) is 8.73. The molecular formula is C20H22Cl2N2O2. The van der Waals surface area contributed by atoms with Gasteiger partial charge in [0.2, 0.25) is 0 Å². The number of nitrogens with zero attached hydrogens (tertiary/aromatic N) is 2. The summed E-state index contributed by atoms with van der Waals surface area (Å²) in [6, 6.07) is 7.57. The van der Waals surface area contributed by atoms with Gasteiger partial charge in [0.1, 0.15) is 6.10 Å². The molecule has 26 heavy (non-hydrogen) atoms. The number of benzene rings is 1. The van der Waals surface area contributed by atoms with Crippen LogP contribution in [0, 0.1) is 0 Å². The fraction of sp³-hybridized carbons (Fsp3) is 0.350. The van der Waals surface area contributed by atoms with Gasteiger partial charge in [-0.2, -0.15) is 0 Å². The summed E-state index contributed by atoms with van der Waals surface area (Å²) >= 11 is 12.7. The number of hydrogen-bond donors (Lipinski definition) is 0. The SMILES string of the molecule is CN1C=CC(CCCCCOc2c(Cl)cc(-c3cccnc3)cc2Cl)O1. The molecule has 0 radical (unpaired) electrons. The summed E-state index contributed by atoms with van der Waals surface area (Å²) in [6.07, 6.45) is 11.9. The van der Waals surface area contributed by atoms with Gasteiger partial charge in [0.15, 0.2) is 5.75 Å². The molecule has 2 aromatic rings. The Morgan fingerprint density at radius 2 is 1.96 bits per heavy atom. The largest absolute Gasteiger partial charge is 0.490 e. The fourth-order valence-corrected chi connectivity index (χ4v) is 3.44. The summed E-state index contributed by atoms with van der Waals surface area (Å²) in [6.45, 7) is 0.590. The fourth-order valence-electron chi connectivity index (χ4n) is 2.85. The van der Waals surface area contributed by atoms with Crippen LogP contribution in [0.5, 0.6) is 5.75 Å². The molecule has 1 aromatic carbocycles. The first-order chi connectivity index (χ1) is 12.6. The number of rotatable bonds is 8. The summed E-state index contributed by atoms with van der Waals surface area (Å²) in [5.41, 5.74) is 1.90. The van der Waals surface area contributed by atoms with Crippen LogP contribution < -0.4 is 4.74 Å². The zero-order chi connectivity index (χ0) is 18.4. The number of halogens is 2. The highest BCUT2D eigenvalue weighted by atomic mass is 35.5. The van der Waals surface area contributed by atoms with Crippen LogP contribution in [-0.2, 0) is 4.84 Å².